The van der Waals surface area contributed by atoms with Crippen molar-refractivity contribution in [2.24, 2.45) is 0 Å². The molecule has 0 aromatic heterocycles. The lowest BCUT2D eigenvalue weighted by atomic mass is 9.93. The highest BCUT2D eigenvalue weighted by Crippen LogP contribution is 2.42. The zero-order valence-corrected chi connectivity index (χ0v) is 67.7. The van der Waals surface area contributed by atoms with Crippen molar-refractivity contribution in [3.63, 3.8) is 0 Å². The summed E-state index contributed by atoms with van der Waals surface area (Å²) in [5.41, 5.74) is 0. The molecule has 1 unspecified atom stereocenters. The number of aliphatic hydroxyl groups excluding tert-OH is 26. The van der Waals surface area contributed by atoms with Crippen LogP contribution in [0.4, 0.5) is 0 Å². The standard InChI is InChI=1S/C70H117N5O50/c1-16-36(88)47(99)51(103)66(109-16)107-14-29-56(44(96)31(61(106)110-29)71-17(2)83)119-64-34(74-20(5)86)45(97)55(28(13-82)116-64)121-68-53(105)58(123-70-60(50(102)41(93)26(11-80)115-70)125-65-35(75-21(6)87)46(98)54(27(12-81)117-65)120-67-52(104)48(100)39(91)24(9-78)113-67)57(122-62-32(72-18(3)84)42(94)37(89)22(7-76)111-62)30(118-68)15-108-69-59(49(101)40(92)25(10-79)114-69)124-63-33(73-19(4)85)43(95)38(90)23(8-77)112-63/h16,22-70,76-82,88-106H,7-15H2,1-6H3,(H,71,83)(H,72,84)(H,73,85)(H,74,86)(H,75,87)/t16-,22+,23+,24+,25+,26+,27+,28+,29+,30+,31+,32+,33+,34+,35+,36+,37+,38+,39-,40+,41+,42+,43+,44+,45+,46+,47+,48-,49-,50-,51-,52+,53-,54+,55+,56+,57+,58+,59-,60-,61?,62-,63-,64-,65-,66+,67-,68-,69-,70+/m0/s1. The minimum Gasteiger partial charge on any atom is -0.394 e. The topological polar surface area (TPSA) is 847 Å². The normalized spacial score (nSPS) is 48.7. The quantitative estimate of drug-likeness (QED) is 0.0297. The van der Waals surface area contributed by atoms with Crippen LogP contribution in [0.25, 0.3) is 0 Å². The number of rotatable bonds is 32. The van der Waals surface area contributed by atoms with Gasteiger partial charge < -0.3 is 249 Å². The van der Waals surface area contributed by atoms with Crippen molar-refractivity contribution in [1.82, 2.24) is 26.6 Å². The smallest absolute Gasteiger partial charge is 0.217 e. The highest BCUT2D eigenvalue weighted by Gasteiger charge is 2.62. The van der Waals surface area contributed by atoms with Gasteiger partial charge in [-0.25, -0.2) is 0 Å². The van der Waals surface area contributed by atoms with Crippen LogP contribution in [0.3, 0.4) is 0 Å². The predicted molar refractivity (Wildman–Crippen MR) is 386 cm³/mol. The molecule has 0 aromatic carbocycles. The van der Waals surface area contributed by atoms with Crippen molar-refractivity contribution in [3.05, 3.63) is 0 Å². The maximum absolute atomic E-state index is 13.4. The molecule has 0 spiro atoms. The molecule has 0 aliphatic carbocycles. The van der Waals surface area contributed by atoms with E-state index in [1.807, 2.05) is 0 Å². The second-order valence-electron chi connectivity index (χ2n) is 31.7. The van der Waals surface area contributed by atoms with E-state index < -0.39 is 396 Å². The molecule has 125 heavy (non-hydrogen) atoms. The lowest BCUT2D eigenvalue weighted by Gasteiger charge is -2.52. The Hall–Kier alpha value is -4.45. The number of carbonyl (C=O) groups is 5. The van der Waals surface area contributed by atoms with Crippen LogP contribution in [-0.2, 0) is 114 Å². The molecule has 0 aromatic rings. The highest BCUT2D eigenvalue weighted by molar-refractivity contribution is 5.75. The second-order valence-corrected chi connectivity index (χ2v) is 31.7. The van der Waals surface area contributed by atoms with Crippen molar-refractivity contribution in [2.75, 3.05) is 59.5 Å². The Labute approximate surface area is 708 Å². The van der Waals surface area contributed by atoms with Crippen molar-refractivity contribution < 1.29 is 247 Å². The van der Waals surface area contributed by atoms with E-state index in [2.05, 4.69) is 26.6 Å². The number of ether oxygens (including phenoxy) is 19. The number of aliphatic hydroxyl groups is 26. The predicted octanol–water partition coefficient (Wildman–Crippen LogP) is -21.1. The fourth-order valence-corrected chi connectivity index (χ4v) is 16.2. The third-order valence-electron chi connectivity index (χ3n) is 22.8. The lowest BCUT2D eigenvalue weighted by molar-refractivity contribution is -0.408. The van der Waals surface area contributed by atoms with Gasteiger partial charge in [0, 0.05) is 34.6 Å². The van der Waals surface area contributed by atoms with Gasteiger partial charge in [-0.3, -0.25) is 24.0 Å². The molecule has 722 valence electrons. The molecular weight excluding hydrogens is 1710 g/mol. The Morgan fingerprint density at radius 3 is 0.904 bits per heavy atom. The molecule has 10 aliphatic heterocycles. The summed E-state index contributed by atoms with van der Waals surface area (Å²) in [4.78, 5) is 65.0. The van der Waals surface area contributed by atoms with Crippen LogP contribution in [0.5, 0.6) is 0 Å². The summed E-state index contributed by atoms with van der Waals surface area (Å²) in [6.45, 7) is -4.42. The second kappa shape index (κ2) is 44.9. The molecule has 0 saturated carbocycles. The summed E-state index contributed by atoms with van der Waals surface area (Å²) in [6.07, 6.45) is -96.0. The van der Waals surface area contributed by atoms with E-state index in [0.717, 1.165) is 34.6 Å². The van der Waals surface area contributed by atoms with Gasteiger partial charge in [0.25, 0.3) is 0 Å². The Morgan fingerprint density at radius 1 is 0.224 bits per heavy atom. The van der Waals surface area contributed by atoms with E-state index >= 15 is 0 Å². The SMILES string of the molecule is CC(=O)N[C@H]1[C@H](O[C@H]2[C@H](O)[C@@H](NC(C)=O)C(O)O[C@@H]2CO[C@@H]2O[C@@H](C)[C@@H](O)[C@@H](O)[C@@H]2O)O[C@H](CO)[C@@H](O[C@@H]2O[C@H](CO[C@H]3O[C@H](CO)[C@@H](O)[C@H](O)[C@@H]3O[C@@H]3O[C@H](CO)[C@@H](O)[C@H](O)[C@H]3NC(C)=O)[C@@H](O[C@@H]3O[C@H](CO)[C@@H](O)[C@H](O)[C@H]3NC(C)=O)[C@H](O[C@H]3O[C@H](CO)[C@@H](O)[C@H](O)[C@@H]3O[C@@H]3O[C@H](CO)[C@@H](O[C@@H]4O[C@H](CO)[C@H](O)[C@H](O)[C@H]4O)[C@H](O)[C@H]3NC(C)=O)[C@@H]2O)[C@@H]1O. The number of nitrogens with one attached hydrogen (secondary N) is 5. The van der Waals surface area contributed by atoms with Gasteiger partial charge in [-0.05, 0) is 6.92 Å². The summed E-state index contributed by atoms with van der Waals surface area (Å²) in [7, 11) is 0. The summed E-state index contributed by atoms with van der Waals surface area (Å²) in [5, 5.41) is 305. The van der Waals surface area contributed by atoms with Crippen molar-refractivity contribution in [2.45, 2.75) is 348 Å². The first-order valence-corrected chi connectivity index (χ1v) is 40.0. The third-order valence-corrected chi connectivity index (χ3v) is 22.8. The Balaban J connectivity index is 1.08. The lowest BCUT2D eigenvalue weighted by Crippen LogP contribution is -2.71. The average molecular weight is 1830 g/mol. The zero-order valence-electron chi connectivity index (χ0n) is 67.7. The van der Waals surface area contributed by atoms with Crippen molar-refractivity contribution in [1.29, 1.82) is 0 Å². The van der Waals surface area contributed by atoms with E-state index in [-0.39, 0.29) is 0 Å². The number of hydrogen-bond donors (Lipinski definition) is 31. The molecule has 31 N–H and O–H groups in total. The molecule has 10 saturated heterocycles. The molecule has 0 radical (unpaired) electrons. The summed E-state index contributed by atoms with van der Waals surface area (Å²) >= 11 is 0. The van der Waals surface area contributed by atoms with Gasteiger partial charge in [0.2, 0.25) is 29.5 Å². The Morgan fingerprint density at radius 2 is 0.488 bits per heavy atom. The summed E-state index contributed by atoms with van der Waals surface area (Å²) < 4.78 is 116. The van der Waals surface area contributed by atoms with Crippen molar-refractivity contribution >= 4 is 29.5 Å². The molecule has 50 atom stereocenters. The Kier molecular flexibility index (Phi) is 36.8. The maximum atomic E-state index is 13.4. The van der Waals surface area contributed by atoms with Gasteiger partial charge in [0.05, 0.1) is 65.6 Å². The molecule has 5 amide bonds. The molecule has 10 fully saturated rings. The molecule has 55 heteroatoms. The number of carbonyl (C=O) groups excluding carboxylic acids is 5. The van der Waals surface area contributed by atoms with Gasteiger partial charge in [-0.1, -0.05) is 0 Å². The van der Waals surface area contributed by atoms with E-state index in [0.29, 0.717) is 0 Å². The first kappa shape index (κ1) is 103. The third kappa shape index (κ3) is 23.1. The largest absolute Gasteiger partial charge is 0.394 e. The van der Waals surface area contributed by atoms with Crippen molar-refractivity contribution in [3.8, 4) is 0 Å². The monoisotopic (exact) mass is 1830 g/mol. The Bertz CT molecular complexity index is 3420. The van der Waals surface area contributed by atoms with E-state index in [4.69, 9.17) is 90.0 Å². The van der Waals surface area contributed by atoms with Crippen LogP contribution in [0.1, 0.15) is 41.5 Å². The fraction of sp³-hybridized carbons (Fsp3) is 0.929. The van der Waals surface area contributed by atoms with E-state index in [1.165, 1.54) is 6.92 Å². The first-order chi connectivity index (χ1) is 59.1. The van der Waals surface area contributed by atoms with Gasteiger partial charge in [-0.2, -0.15) is 0 Å². The number of hydrogen-bond acceptors (Lipinski definition) is 50. The van der Waals surface area contributed by atoms with E-state index in [9.17, 15) is 157 Å². The molecular formula is C70H117N5O50. The van der Waals surface area contributed by atoms with Crippen LogP contribution in [0.2, 0.25) is 0 Å². The maximum Gasteiger partial charge on any atom is 0.217 e. The first-order valence-electron chi connectivity index (χ1n) is 40.0. The molecule has 10 heterocycles. The zero-order chi connectivity index (χ0) is 92.1. The summed E-state index contributed by atoms with van der Waals surface area (Å²) in [6, 6.07) is -9.78. The van der Waals surface area contributed by atoms with Gasteiger partial charge in [-0.15, -0.1) is 0 Å². The van der Waals surface area contributed by atoms with Gasteiger partial charge in [0.15, 0.2) is 62.9 Å². The molecule has 10 aliphatic rings. The minimum absolute atomic E-state index is 0.864. The fourth-order valence-electron chi connectivity index (χ4n) is 16.2. The summed E-state index contributed by atoms with van der Waals surface area (Å²) in [5.74, 6) is -4.80. The average Bonchev–Trinajstić information content (AvgIpc) is 0.756. The van der Waals surface area contributed by atoms with Crippen LogP contribution in [-0.4, -0.2) is 529 Å². The number of amides is 5. The highest BCUT2D eigenvalue weighted by atomic mass is 16.8. The van der Waals surface area contributed by atoms with Crippen LogP contribution in [0, 0.1) is 0 Å². The minimum atomic E-state index is -2.78. The van der Waals surface area contributed by atoms with Gasteiger partial charge >= 0.3 is 0 Å². The van der Waals surface area contributed by atoms with E-state index in [1.54, 1.807) is 0 Å². The van der Waals surface area contributed by atoms with Crippen LogP contribution >= 0.6 is 0 Å². The molecule has 55 nitrogen and oxygen atoms in total. The molecule has 10 rings (SSSR count). The molecule has 0 bridgehead atoms. The van der Waals surface area contributed by atoms with Gasteiger partial charge in [0.1, 0.15) is 238 Å². The van der Waals surface area contributed by atoms with Crippen LogP contribution in [0.15, 0.2) is 0 Å². The van der Waals surface area contributed by atoms with Crippen LogP contribution < -0.4 is 26.6 Å².